The van der Waals surface area contributed by atoms with E-state index in [1.165, 1.54) is 14.2 Å². The number of benzene rings is 2. The van der Waals surface area contributed by atoms with E-state index in [0.717, 1.165) is 16.6 Å². The smallest absolute Gasteiger partial charge is 0.244 e. The number of fused-ring (bicyclic) bond motifs is 1. The number of carbonyl (C=O) groups is 1. The third-order valence-electron chi connectivity index (χ3n) is 4.07. The van der Waals surface area contributed by atoms with E-state index in [-0.39, 0.29) is 12.5 Å². The number of nitrogens with one attached hydrogen (secondary N) is 1. The van der Waals surface area contributed by atoms with Gasteiger partial charge in [-0.15, -0.1) is 0 Å². The molecule has 0 aliphatic carbocycles. The first-order valence-electron chi connectivity index (χ1n) is 7.79. The SMILES string of the molecule is COc1cc(NC(=O)Cn2c(C)cc3ccccc32)c(OC)cc1Cl. The molecule has 5 nitrogen and oxygen atoms in total. The number of methoxy groups -OCH3 is 2. The highest BCUT2D eigenvalue weighted by molar-refractivity contribution is 6.32. The molecule has 1 aromatic heterocycles. The molecule has 1 N–H and O–H groups in total. The van der Waals surface area contributed by atoms with Crippen LogP contribution in [0.15, 0.2) is 42.5 Å². The van der Waals surface area contributed by atoms with Crippen LogP contribution in [0.1, 0.15) is 5.69 Å². The number of hydrogen-bond donors (Lipinski definition) is 1. The third kappa shape index (κ3) is 3.42. The van der Waals surface area contributed by atoms with Crippen molar-refractivity contribution in [1.29, 1.82) is 0 Å². The number of aryl methyl sites for hydroxylation is 1. The molecule has 0 atom stereocenters. The van der Waals surface area contributed by atoms with Gasteiger partial charge in [0.2, 0.25) is 5.91 Å². The molecule has 3 rings (SSSR count). The fourth-order valence-corrected chi connectivity index (χ4v) is 3.08. The van der Waals surface area contributed by atoms with Gasteiger partial charge in [-0.3, -0.25) is 4.79 Å². The maximum Gasteiger partial charge on any atom is 0.244 e. The van der Waals surface area contributed by atoms with Gasteiger partial charge >= 0.3 is 0 Å². The summed E-state index contributed by atoms with van der Waals surface area (Å²) < 4.78 is 12.5. The van der Waals surface area contributed by atoms with Gasteiger partial charge in [-0.05, 0) is 24.4 Å². The van der Waals surface area contributed by atoms with Gasteiger partial charge in [0.05, 0.1) is 24.9 Å². The minimum atomic E-state index is -0.160. The van der Waals surface area contributed by atoms with Crippen molar-refractivity contribution in [2.24, 2.45) is 0 Å². The number of aromatic nitrogens is 1. The lowest BCUT2D eigenvalue weighted by Crippen LogP contribution is -2.19. The molecule has 0 fully saturated rings. The van der Waals surface area contributed by atoms with Crippen molar-refractivity contribution in [2.45, 2.75) is 13.5 Å². The fourth-order valence-electron chi connectivity index (χ4n) is 2.85. The number of carbonyl (C=O) groups excluding carboxylic acids is 1. The van der Waals surface area contributed by atoms with Crippen LogP contribution >= 0.6 is 11.6 Å². The molecule has 0 bridgehead atoms. The maximum absolute atomic E-state index is 12.6. The molecule has 0 aliphatic rings. The molecule has 1 amide bonds. The highest BCUT2D eigenvalue weighted by Gasteiger charge is 2.14. The quantitative estimate of drug-likeness (QED) is 0.741. The molecule has 0 spiro atoms. The lowest BCUT2D eigenvalue weighted by Gasteiger charge is -2.14. The van der Waals surface area contributed by atoms with Gasteiger partial charge in [-0.1, -0.05) is 29.8 Å². The average molecular weight is 359 g/mol. The maximum atomic E-state index is 12.6. The van der Waals surface area contributed by atoms with Crippen LogP contribution in [0.4, 0.5) is 5.69 Å². The van der Waals surface area contributed by atoms with Crippen molar-refractivity contribution in [3.05, 3.63) is 53.2 Å². The highest BCUT2D eigenvalue weighted by atomic mass is 35.5. The second-order valence-corrected chi connectivity index (χ2v) is 6.07. The second kappa shape index (κ2) is 7.07. The van der Waals surface area contributed by atoms with Crippen LogP contribution in [0.3, 0.4) is 0 Å². The Morgan fingerprint density at radius 1 is 1.12 bits per heavy atom. The Labute approximate surface area is 151 Å². The number of nitrogens with zero attached hydrogens (tertiary/aromatic N) is 1. The third-order valence-corrected chi connectivity index (χ3v) is 4.36. The Morgan fingerprint density at radius 2 is 1.84 bits per heavy atom. The minimum absolute atomic E-state index is 0.160. The van der Waals surface area contributed by atoms with Crippen molar-refractivity contribution >= 4 is 34.1 Å². The monoisotopic (exact) mass is 358 g/mol. The molecule has 130 valence electrons. The lowest BCUT2D eigenvalue weighted by atomic mass is 10.2. The predicted molar refractivity (Wildman–Crippen MR) is 99.9 cm³/mol. The average Bonchev–Trinajstić information content (AvgIpc) is 2.91. The summed E-state index contributed by atoms with van der Waals surface area (Å²) in [6, 6.07) is 13.3. The Morgan fingerprint density at radius 3 is 2.56 bits per heavy atom. The Hall–Kier alpha value is -2.66. The molecule has 6 heteroatoms. The van der Waals surface area contributed by atoms with E-state index in [2.05, 4.69) is 11.4 Å². The van der Waals surface area contributed by atoms with E-state index < -0.39 is 0 Å². The molecule has 25 heavy (non-hydrogen) atoms. The van der Waals surface area contributed by atoms with E-state index >= 15 is 0 Å². The van der Waals surface area contributed by atoms with Crippen molar-refractivity contribution < 1.29 is 14.3 Å². The summed E-state index contributed by atoms with van der Waals surface area (Å²) in [6.45, 7) is 2.19. The first-order chi connectivity index (χ1) is 12.0. The first-order valence-corrected chi connectivity index (χ1v) is 8.17. The van der Waals surface area contributed by atoms with Gasteiger partial charge in [-0.2, -0.15) is 0 Å². The van der Waals surface area contributed by atoms with E-state index in [1.54, 1.807) is 12.1 Å². The Kier molecular flexibility index (Phi) is 4.86. The molecule has 0 saturated heterocycles. The van der Waals surface area contributed by atoms with E-state index in [0.29, 0.717) is 22.2 Å². The zero-order chi connectivity index (χ0) is 18.0. The zero-order valence-electron chi connectivity index (χ0n) is 14.3. The van der Waals surface area contributed by atoms with E-state index in [9.17, 15) is 4.79 Å². The predicted octanol–water partition coefficient (Wildman–Crippen LogP) is 4.26. The molecule has 1 heterocycles. The van der Waals surface area contributed by atoms with Crippen LogP contribution in [0, 0.1) is 6.92 Å². The van der Waals surface area contributed by atoms with E-state index in [1.807, 2.05) is 35.8 Å². The second-order valence-electron chi connectivity index (χ2n) is 5.67. The van der Waals surface area contributed by atoms with Crippen molar-refractivity contribution in [2.75, 3.05) is 19.5 Å². The number of para-hydroxylation sites is 1. The fraction of sp³-hybridized carbons (Fsp3) is 0.211. The van der Waals surface area contributed by atoms with Crippen LogP contribution in [-0.4, -0.2) is 24.7 Å². The first kappa shape index (κ1) is 17.2. The van der Waals surface area contributed by atoms with Crippen molar-refractivity contribution in [3.63, 3.8) is 0 Å². The summed E-state index contributed by atoms with van der Waals surface area (Å²) in [6.07, 6.45) is 0. The summed E-state index contributed by atoms with van der Waals surface area (Å²) in [5.41, 5.74) is 2.57. The van der Waals surface area contributed by atoms with Gasteiger partial charge in [0.25, 0.3) is 0 Å². The van der Waals surface area contributed by atoms with Gasteiger partial charge in [0, 0.05) is 23.3 Å². The number of ether oxygens (including phenoxy) is 2. The number of anilines is 1. The van der Waals surface area contributed by atoms with Crippen LogP contribution in [0.5, 0.6) is 11.5 Å². The topological polar surface area (TPSA) is 52.5 Å². The van der Waals surface area contributed by atoms with Gasteiger partial charge < -0.3 is 19.4 Å². The summed E-state index contributed by atoms with van der Waals surface area (Å²) in [7, 11) is 3.05. The highest BCUT2D eigenvalue weighted by Crippen LogP contribution is 2.35. The molecule has 2 aromatic carbocycles. The number of hydrogen-bond acceptors (Lipinski definition) is 3. The molecule has 0 aliphatic heterocycles. The summed E-state index contributed by atoms with van der Waals surface area (Å²) in [5.74, 6) is 0.792. The zero-order valence-corrected chi connectivity index (χ0v) is 15.1. The molecule has 3 aromatic rings. The normalized spacial score (nSPS) is 10.7. The Balaban J connectivity index is 1.86. The number of amides is 1. The number of halogens is 1. The lowest BCUT2D eigenvalue weighted by molar-refractivity contribution is -0.116. The number of rotatable bonds is 5. The summed E-state index contributed by atoms with van der Waals surface area (Å²) in [4.78, 5) is 12.6. The van der Waals surface area contributed by atoms with Crippen LogP contribution in [-0.2, 0) is 11.3 Å². The van der Waals surface area contributed by atoms with Crippen LogP contribution < -0.4 is 14.8 Å². The van der Waals surface area contributed by atoms with Gasteiger partial charge in [-0.25, -0.2) is 0 Å². The van der Waals surface area contributed by atoms with Crippen molar-refractivity contribution in [3.8, 4) is 11.5 Å². The standard InChI is InChI=1S/C19H19ClN2O3/c1-12-8-13-6-4-5-7-16(13)22(12)11-19(23)21-15-10-17(24-2)14(20)9-18(15)25-3/h4-10H,11H2,1-3H3,(H,21,23). The summed E-state index contributed by atoms with van der Waals surface area (Å²) >= 11 is 6.10. The summed E-state index contributed by atoms with van der Waals surface area (Å²) in [5, 5.41) is 4.40. The minimum Gasteiger partial charge on any atom is -0.495 e. The van der Waals surface area contributed by atoms with Crippen LogP contribution in [0.25, 0.3) is 10.9 Å². The van der Waals surface area contributed by atoms with Crippen LogP contribution in [0.2, 0.25) is 5.02 Å². The Bertz CT molecular complexity index is 934. The van der Waals surface area contributed by atoms with Gasteiger partial charge in [0.15, 0.2) is 0 Å². The molecule has 0 unspecified atom stereocenters. The van der Waals surface area contributed by atoms with Crippen molar-refractivity contribution in [1.82, 2.24) is 4.57 Å². The molecular formula is C19H19ClN2O3. The molecule has 0 saturated carbocycles. The molecular weight excluding hydrogens is 340 g/mol. The largest absolute Gasteiger partial charge is 0.495 e. The molecule has 0 radical (unpaired) electrons. The van der Waals surface area contributed by atoms with E-state index in [4.69, 9.17) is 21.1 Å². The van der Waals surface area contributed by atoms with Gasteiger partial charge in [0.1, 0.15) is 18.0 Å².